The zero-order valence-electron chi connectivity index (χ0n) is 12.3. The Labute approximate surface area is 134 Å². The molecule has 1 aromatic heterocycles. The van der Waals surface area contributed by atoms with Gasteiger partial charge in [-0.1, -0.05) is 36.2 Å². The van der Waals surface area contributed by atoms with Crippen LogP contribution in [0.25, 0.3) is 0 Å². The number of halogens is 2. The van der Waals surface area contributed by atoms with E-state index in [0.29, 0.717) is 0 Å². The summed E-state index contributed by atoms with van der Waals surface area (Å²) in [6, 6.07) is 0. The molecule has 0 aliphatic carbocycles. The molecule has 0 saturated heterocycles. The Kier molecular flexibility index (Phi) is 8.26. The van der Waals surface area contributed by atoms with Gasteiger partial charge in [0.2, 0.25) is 0 Å². The third-order valence-electron chi connectivity index (χ3n) is 3.30. The van der Waals surface area contributed by atoms with Gasteiger partial charge in [0.05, 0.1) is 15.9 Å². The first kappa shape index (κ1) is 17.2. The van der Waals surface area contributed by atoms with E-state index in [1.54, 1.807) is 0 Å². The Morgan fingerprint density at radius 2 is 1.95 bits per heavy atom. The maximum absolute atomic E-state index is 4.67. The Hall–Kier alpha value is 0.130. The van der Waals surface area contributed by atoms with E-state index in [1.165, 1.54) is 28.7 Å². The number of aryl methyl sites for hydroxylation is 2. The topological polar surface area (TPSA) is 21.1 Å². The van der Waals surface area contributed by atoms with Crippen molar-refractivity contribution >= 4 is 31.9 Å². The number of nitrogens with zero attached hydrogens (tertiary/aromatic N) is 3. The van der Waals surface area contributed by atoms with Crippen molar-refractivity contribution in [2.75, 3.05) is 18.4 Å². The summed E-state index contributed by atoms with van der Waals surface area (Å²) in [6.07, 6.45) is 3.48. The van der Waals surface area contributed by atoms with Crippen molar-refractivity contribution in [1.29, 1.82) is 0 Å². The van der Waals surface area contributed by atoms with Crippen LogP contribution < -0.4 is 0 Å². The minimum atomic E-state index is 0.934. The van der Waals surface area contributed by atoms with Crippen LogP contribution in [0.2, 0.25) is 0 Å². The number of rotatable bonds is 9. The molecule has 5 heteroatoms. The molecule has 0 aliphatic rings. The molecule has 1 aromatic rings. The predicted octanol–water partition coefficient (Wildman–Crippen LogP) is 4.22. The van der Waals surface area contributed by atoms with Crippen molar-refractivity contribution in [2.45, 2.75) is 53.1 Å². The molecular formula is C14H25Br2N3. The van der Waals surface area contributed by atoms with Gasteiger partial charge in [-0.3, -0.25) is 9.58 Å². The number of unbranched alkanes of at least 4 members (excludes halogenated alkanes) is 1. The van der Waals surface area contributed by atoms with Crippen molar-refractivity contribution in [3.63, 3.8) is 0 Å². The third kappa shape index (κ3) is 4.87. The fourth-order valence-electron chi connectivity index (χ4n) is 2.15. The van der Waals surface area contributed by atoms with Crippen molar-refractivity contribution in [2.24, 2.45) is 0 Å². The number of aromatic nitrogens is 2. The van der Waals surface area contributed by atoms with E-state index in [4.69, 9.17) is 0 Å². The first-order valence-electron chi connectivity index (χ1n) is 7.20. The highest BCUT2D eigenvalue weighted by molar-refractivity contribution is 9.10. The molecule has 0 N–H and O–H groups in total. The average molecular weight is 395 g/mol. The SMILES string of the molecule is CCCCN(CCBr)Cc1c(Br)c(CC)nn1CC. The lowest BCUT2D eigenvalue weighted by atomic mass is 10.2. The lowest BCUT2D eigenvalue weighted by Crippen LogP contribution is -2.27. The molecule has 0 saturated carbocycles. The van der Waals surface area contributed by atoms with Gasteiger partial charge in [-0.25, -0.2) is 0 Å². The molecule has 0 aromatic carbocycles. The van der Waals surface area contributed by atoms with Crippen molar-refractivity contribution in [1.82, 2.24) is 14.7 Å². The van der Waals surface area contributed by atoms with E-state index >= 15 is 0 Å². The van der Waals surface area contributed by atoms with Gasteiger partial charge in [0.1, 0.15) is 0 Å². The summed E-state index contributed by atoms with van der Waals surface area (Å²) in [5, 5.41) is 5.69. The summed E-state index contributed by atoms with van der Waals surface area (Å²) in [6.45, 7) is 10.7. The minimum Gasteiger partial charge on any atom is -0.297 e. The molecular weight excluding hydrogens is 370 g/mol. The molecule has 0 aliphatic heterocycles. The number of hydrogen-bond donors (Lipinski definition) is 0. The molecule has 0 unspecified atom stereocenters. The summed E-state index contributed by atoms with van der Waals surface area (Å²) in [5.74, 6) is 0. The first-order chi connectivity index (χ1) is 9.17. The number of alkyl halides is 1. The monoisotopic (exact) mass is 393 g/mol. The molecule has 0 spiro atoms. The van der Waals surface area contributed by atoms with Gasteiger partial charge in [0, 0.05) is 25.0 Å². The Bertz CT molecular complexity index is 377. The molecule has 0 amide bonds. The van der Waals surface area contributed by atoms with Gasteiger partial charge in [0.25, 0.3) is 0 Å². The molecule has 0 atom stereocenters. The summed E-state index contributed by atoms with van der Waals surface area (Å²) in [4.78, 5) is 2.51. The number of hydrogen-bond acceptors (Lipinski definition) is 2. The lowest BCUT2D eigenvalue weighted by Gasteiger charge is -2.21. The maximum Gasteiger partial charge on any atom is 0.0767 e. The molecule has 110 valence electrons. The van der Waals surface area contributed by atoms with Gasteiger partial charge in [-0.2, -0.15) is 5.10 Å². The quantitative estimate of drug-likeness (QED) is 0.584. The van der Waals surface area contributed by atoms with E-state index in [2.05, 4.69) is 67.3 Å². The van der Waals surface area contributed by atoms with E-state index in [-0.39, 0.29) is 0 Å². The van der Waals surface area contributed by atoms with E-state index < -0.39 is 0 Å². The highest BCUT2D eigenvalue weighted by atomic mass is 79.9. The molecule has 19 heavy (non-hydrogen) atoms. The second kappa shape index (κ2) is 9.14. The highest BCUT2D eigenvalue weighted by Crippen LogP contribution is 2.23. The standard InChI is InChI=1S/C14H25Br2N3/c1-4-7-9-18(10-8-15)11-13-14(16)12(5-2)17-19(13)6-3/h4-11H2,1-3H3. The molecule has 1 heterocycles. The van der Waals surface area contributed by atoms with Crippen LogP contribution in [0.3, 0.4) is 0 Å². The van der Waals surface area contributed by atoms with E-state index in [1.807, 2.05) is 0 Å². The van der Waals surface area contributed by atoms with Gasteiger partial charge >= 0.3 is 0 Å². The predicted molar refractivity (Wildman–Crippen MR) is 89.0 cm³/mol. The largest absolute Gasteiger partial charge is 0.297 e. The van der Waals surface area contributed by atoms with Crippen LogP contribution >= 0.6 is 31.9 Å². The lowest BCUT2D eigenvalue weighted by molar-refractivity contribution is 0.269. The zero-order chi connectivity index (χ0) is 14.3. The molecule has 0 bridgehead atoms. The van der Waals surface area contributed by atoms with Gasteiger partial charge in [-0.15, -0.1) is 0 Å². The smallest absolute Gasteiger partial charge is 0.0767 e. The summed E-state index contributed by atoms with van der Waals surface area (Å²) >= 11 is 7.28. The molecule has 1 rings (SSSR count). The minimum absolute atomic E-state index is 0.934. The van der Waals surface area contributed by atoms with E-state index in [9.17, 15) is 0 Å². The fraction of sp³-hybridized carbons (Fsp3) is 0.786. The van der Waals surface area contributed by atoms with Crippen LogP contribution in [0.4, 0.5) is 0 Å². The highest BCUT2D eigenvalue weighted by Gasteiger charge is 2.16. The summed E-state index contributed by atoms with van der Waals surface area (Å²) in [7, 11) is 0. The summed E-state index contributed by atoms with van der Waals surface area (Å²) < 4.78 is 3.34. The van der Waals surface area contributed by atoms with Gasteiger partial charge < -0.3 is 0 Å². The van der Waals surface area contributed by atoms with Crippen LogP contribution in [-0.4, -0.2) is 33.1 Å². The van der Waals surface area contributed by atoms with E-state index in [0.717, 1.165) is 37.9 Å². The zero-order valence-corrected chi connectivity index (χ0v) is 15.4. The van der Waals surface area contributed by atoms with Crippen LogP contribution in [0, 0.1) is 0 Å². The van der Waals surface area contributed by atoms with Crippen molar-refractivity contribution < 1.29 is 0 Å². The van der Waals surface area contributed by atoms with Crippen LogP contribution in [0.1, 0.15) is 45.0 Å². The molecule has 3 nitrogen and oxygen atoms in total. The van der Waals surface area contributed by atoms with Crippen molar-refractivity contribution in [3.05, 3.63) is 15.9 Å². The Balaban J connectivity index is 2.84. The third-order valence-corrected chi connectivity index (χ3v) is 4.57. The van der Waals surface area contributed by atoms with Crippen molar-refractivity contribution in [3.8, 4) is 0 Å². The average Bonchev–Trinajstić information content (AvgIpc) is 2.72. The molecule has 0 fully saturated rings. The van der Waals surface area contributed by atoms with Gasteiger partial charge in [-0.05, 0) is 42.2 Å². The Morgan fingerprint density at radius 1 is 1.21 bits per heavy atom. The summed E-state index contributed by atoms with van der Waals surface area (Å²) in [5.41, 5.74) is 2.49. The second-order valence-corrected chi connectivity index (χ2v) is 6.28. The van der Waals surface area contributed by atoms with Crippen LogP contribution in [-0.2, 0) is 19.5 Å². The van der Waals surface area contributed by atoms with Crippen LogP contribution in [0.5, 0.6) is 0 Å². The molecule has 0 radical (unpaired) electrons. The Morgan fingerprint density at radius 3 is 2.47 bits per heavy atom. The maximum atomic E-state index is 4.67. The van der Waals surface area contributed by atoms with Crippen LogP contribution in [0.15, 0.2) is 4.47 Å². The normalized spacial score (nSPS) is 11.5. The first-order valence-corrected chi connectivity index (χ1v) is 9.11. The second-order valence-electron chi connectivity index (χ2n) is 4.70. The van der Waals surface area contributed by atoms with Gasteiger partial charge in [0.15, 0.2) is 0 Å². The fourth-order valence-corrected chi connectivity index (χ4v) is 3.34.